The quantitative estimate of drug-likeness (QED) is 0.720. The van der Waals surface area contributed by atoms with Crippen LogP contribution < -0.4 is 15.5 Å². The molecular formula is C17H24N5O2+. The first kappa shape index (κ1) is 17.7. The van der Waals surface area contributed by atoms with E-state index < -0.39 is 6.03 Å². The fourth-order valence-corrected chi connectivity index (χ4v) is 2.62. The molecule has 0 radical (unpaired) electrons. The first-order valence-electron chi connectivity index (χ1n) is 7.85. The summed E-state index contributed by atoms with van der Waals surface area (Å²) in [7, 11) is 3.39. The third-order valence-electron chi connectivity index (χ3n) is 3.86. The van der Waals surface area contributed by atoms with Crippen molar-refractivity contribution in [2.75, 3.05) is 20.6 Å². The number of likely N-dealkylation sites (N-methyl/N-ethyl adjacent to an activating group) is 1. The van der Waals surface area contributed by atoms with E-state index in [0.29, 0.717) is 6.54 Å². The fraction of sp³-hybridized carbons (Fsp3) is 0.353. The molecule has 0 saturated carbocycles. The SMILES string of the molecule is CNC(=O)NC(=O)C[NH+](C)Cc1c(C)nn(-c2ccccc2)c1C. The van der Waals surface area contributed by atoms with Crippen molar-refractivity contribution in [1.29, 1.82) is 0 Å². The van der Waals surface area contributed by atoms with Gasteiger partial charge in [-0.1, -0.05) is 18.2 Å². The molecule has 0 bridgehead atoms. The van der Waals surface area contributed by atoms with Gasteiger partial charge in [-0.15, -0.1) is 0 Å². The Kier molecular flexibility index (Phi) is 5.70. The lowest BCUT2D eigenvalue weighted by atomic mass is 10.2. The van der Waals surface area contributed by atoms with Crippen molar-refractivity contribution in [3.63, 3.8) is 0 Å². The number of nitrogens with one attached hydrogen (secondary N) is 3. The number of carbonyl (C=O) groups excluding carboxylic acids is 2. The average Bonchev–Trinajstić information content (AvgIpc) is 2.83. The normalized spacial score (nSPS) is 11.8. The lowest BCUT2D eigenvalue weighted by molar-refractivity contribution is -0.885. The van der Waals surface area contributed by atoms with Crippen LogP contribution >= 0.6 is 0 Å². The second-order valence-electron chi connectivity index (χ2n) is 5.83. The van der Waals surface area contributed by atoms with E-state index >= 15 is 0 Å². The van der Waals surface area contributed by atoms with Gasteiger partial charge in [0.2, 0.25) is 0 Å². The van der Waals surface area contributed by atoms with E-state index in [9.17, 15) is 9.59 Å². The molecule has 1 aromatic heterocycles. The summed E-state index contributed by atoms with van der Waals surface area (Å²) in [6.45, 7) is 4.87. The number of rotatable bonds is 5. The zero-order valence-corrected chi connectivity index (χ0v) is 14.5. The van der Waals surface area contributed by atoms with Crippen LogP contribution in [0.5, 0.6) is 0 Å². The van der Waals surface area contributed by atoms with E-state index in [-0.39, 0.29) is 12.5 Å². The second kappa shape index (κ2) is 7.74. The summed E-state index contributed by atoms with van der Waals surface area (Å²) >= 11 is 0. The lowest BCUT2D eigenvalue weighted by Gasteiger charge is -2.14. The Morgan fingerprint density at radius 1 is 1.21 bits per heavy atom. The number of hydrogen-bond donors (Lipinski definition) is 3. The molecule has 0 fully saturated rings. The van der Waals surface area contributed by atoms with Crippen LogP contribution in [0.15, 0.2) is 30.3 Å². The van der Waals surface area contributed by atoms with Gasteiger partial charge in [-0.25, -0.2) is 9.48 Å². The molecule has 1 atom stereocenters. The molecule has 1 aromatic carbocycles. The number of quaternary nitrogens is 1. The molecule has 24 heavy (non-hydrogen) atoms. The maximum atomic E-state index is 11.8. The maximum Gasteiger partial charge on any atom is 0.321 e. The van der Waals surface area contributed by atoms with Crippen molar-refractivity contribution in [2.24, 2.45) is 0 Å². The van der Waals surface area contributed by atoms with Gasteiger partial charge in [0.15, 0.2) is 6.54 Å². The van der Waals surface area contributed by atoms with E-state index in [4.69, 9.17) is 0 Å². The monoisotopic (exact) mass is 330 g/mol. The number of aryl methyl sites for hydroxylation is 1. The van der Waals surface area contributed by atoms with Crippen LogP contribution in [0.4, 0.5) is 4.79 Å². The number of carbonyl (C=O) groups is 2. The van der Waals surface area contributed by atoms with Gasteiger partial charge in [-0.2, -0.15) is 5.10 Å². The van der Waals surface area contributed by atoms with Gasteiger partial charge in [0.25, 0.3) is 5.91 Å². The molecule has 0 aliphatic heterocycles. The first-order valence-corrected chi connectivity index (χ1v) is 7.85. The highest BCUT2D eigenvalue weighted by Crippen LogP contribution is 2.16. The minimum absolute atomic E-state index is 0.211. The number of hydrogen-bond acceptors (Lipinski definition) is 3. The van der Waals surface area contributed by atoms with Crippen molar-refractivity contribution >= 4 is 11.9 Å². The summed E-state index contributed by atoms with van der Waals surface area (Å²) in [5.74, 6) is -0.308. The summed E-state index contributed by atoms with van der Waals surface area (Å²) in [6, 6.07) is 9.46. The number of benzene rings is 1. The van der Waals surface area contributed by atoms with Crippen molar-refractivity contribution in [2.45, 2.75) is 20.4 Å². The van der Waals surface area contributed by atoms with Crippen molar-refractivity contribution in [1.82, 2.24) is 20.4 Å². The Labute approximate surface area is 141 Å². The fourth-order valence-electron chi connectivity index (χ4n) is 2.62. The van der Waals surface area contributed by atoms with Crippen LogP contribution in [0.2, 0.25) is 0 Å². The lowest BCUT2D eigenvalue weighted by Crippen LogP contribution is -3.09. The zero-order valence-electron chi connectivity index (χ0n) is 14.5. The molecule has 3 amide bonds. The molecular weight excluding hydrogens is 306 g/mol. The molecule has 0 spiro atoms. The van der Waals surface area contributed by atoms with E-state index in [0.717, 1.165) is 27.5 Å². The number of imide groups is 1. The molecule has 1 heterocycles. The van der Waals surface area contributed by atoms with E-state index in [1.165, 1.54) is 7.05 Å². The molecule has 0 saturated heterocycles. The maximum absolute atomic E-state index is 11.8. The minimum atomic E-state index is -0.489. The summed E-state index contributed by atoms with van der Waals surface area (Å²) in [4.78, 5) is 23.9. The highest BCUT2D eigenvalue weighted by molar-refractivity contribution is 5.94. The molecule has 128 valence electrons. The molecule has 7 nitrogen and oxygen atoms in total. The summed E-state index contributed by atoms with van der Waals surface area (Å²) in [5.41, 5.74) is 4.13. The Balaban J connectivity index is 2.09. The Hall–Kier alpha value is -2.67. The van der Waals surface area contributed by atoms with Crippen LogP contribution in [-0.2, 0) is 11.3 Å². The van der Waals surface area contributed by atoms with Crippen LogP contribution in [0, 0.1) is 13.8 Å². The van der Waals surface area contributed by atoms with Gasteiger partial charge in [-0.05, 0) is 26.0 Å². The number of aromatic nitrogens is 2. The predicted molar refractivity (Wildman–Crippen MR) is 91.1 cm³/mol. The third-order valence-corrected chi connectivity index (χ3v) is 3.86. The largest absolute Gasteiger partial charge is 0.341 e. The molecule has 2 aromatic rings. The molecule has 1 unspecified atom stereocenters. The van der Waals surface area contributed by atoms with E-state index in [1.807, 2.05) is 55.9 Å². The standard InChI is InChI=1S/C17H23N5O2/c1-12-15(10-21(4)11-16(23)19-17(24)18-3)13(2)22(20-12)14-8-6-5-7-9-14/h5-9H,10-11H2,1-4H3,(H2,18,19,23,24)/p+1. The molecule has 7 heteroatoms. The van der Waals surface area contributed by atoms with E-state index in [1.54, 1.807) is 0 Å². The highest BCUT2D eigenvalue weighted by atomic mass is 16.2. The number of amides is 3. The first-order chi connectivity index (χ1) is 11.4. The molecule has 0 aliphatic carbocycles. The minimum Gasteiger partial charge on any atom is -0.341 e. The Morgan fingerprint density at radius 2 is 1.88 bits per heavy atom. The number of para-hydroxylation sites is 1. The molecule has 2 rings (SSSR count). The van der Waals surface area contributed by atoms with Crippen molar-refractivity contribution in [3.05, 3.63) is 47.3 Å². The average molecular weight is 330 g/mol. The topological polar surface area (TPSA) is 80.5 Å². The Morgan fingerprint density at radius 3 is 2.50 bits per heavy atom. The highest BCUT2D eigenvalue weighted by Gasteiger charge is 2.18. The van der Waals surface area contributed by atoms with Crippen molar-refractivity contribution in [3.8, 4) is 5.69 Å². The van der Waals surface area contributed by atoms with Gasteiger partial charge in [0.05, 0.1) is 29.7 Å². The van der Waals surface area contributed by atoms with E-state index in [2.05, 4.69) is 15.7 Å². The number of urea groups is 1. The molecule has 0 aliphatic rings. The van der Waals surface area contributed by atoms with Crippen LogP contribution in [-0.4, -0.2) is 42.4 Å². The van der Waals surface area contributed by atoms with Gasteiger partial charge in [0, 0.05) is 7.05 Å². The summed E-state index contributed by atoms with van der Waals surface area (Å²) in [6.07, 6.45) is 0. The third kappa shape index (κ3) is 4.20. The van der Waals surface area contributed by atoms with Crippen LogP contribution in [0.3, 0.4) is 0 Å². The van der Waals surface area contributed by atoms with Gasteiger partial charge in [0.1, 0.15) is 6.54 Å². The molecule has 3 N–H and O–H groups in total. The van der Waals surface area contributed by atoms with Gasteiger partial charge in [-0.3, -0.25) is 10.1 Å². The smallest absolute Gasteiger partial charge is 0.321 e. The zero-order chi connectivity index (χ0) is 17.7. The predicted octanol–water partition coefficient (Wildman–Crippen LogP) is -0.0406. The summed E-state index contributed by atoms with van der Waals surface area (Å²) in [5, 5.41) is 9.25. The van der Waals surface area contributed by atoms with Crippen molar-refractivity contribution < 1.29 is 14.5 Å². The van der Waals surface area contributed by atoms with Gasteiger partial charge < -0.3 is 10.2 Å². The van der Waals surface area contributed by atoms with Crippen LogP contribution in [0.1, 0.15) is 17.0 Å². The Bertz CT molecular complexity index is 724. The second-order valence-corrected chi connectivity index (χ2v) is 5.83. The summed E-state index contributed by atoms with van der Waals surface area (Å²) < 4.78 is 1.92. The van der Waals surface area contributed by atoms with Crippen LogP contribution in [0.25, 0.3) is 5.69 Å². The number of nitrogens with zero attached hydrogens (tertiary/aromatic N) is 2. The van der Waals surface area contributed by atoms with Gasteiger partial charge >= 0.3 is 6.03 Å².